The fourth-order valence-corrected chi connectivity index (χ4v) is 3.08. The van der Waals surface area contributed by atoms with E-state index in [-0.39, 0.29) is 18.1 Å². The van der Waals surface area contributed by atoms with Gasteiger partial charge in [-0.25, -0.2) is 4.79 Å². The van der Waals surface area contributed by atoms with Gasteiger partial charge in [-0.3, -0.25) is 0 Å². The van der Waals surface area contributed by atoms with Gasteiger partial charge in [-0.15, -0.1) is 0 Å². The quantitative estimate of drug-likeness (QED) is 0.517. The third-order valence-corrected chi connectivity index (χ3v) is 5.18. The van der Waals surface area contributed by atoms with Gasteiger partial charge in [-0.05, 0) is 57.9 Å². The number of carbonyl (C=O) groups excluding carboxylic acids is 1. The van der Waals surface area contributed by atoms with Crippen molar-refractivity contribution in [3.63, 3.8) is 0 Å². The average Bonchev–Trinajstić information content (AvgIpc) is 2.94. The Morgan fingerprint density at radius 1 is 1.36 bits per heavy atom. The molecule has 1 N–H and O–H groups in total. The number of urea groups is 1. The number of carbonyl (C=O) groups is 1. The first kappa shape index (κ1) is 21.8. The molecule has 1 fully saturated rings. The summed E-state index contributed by atoms with van der Waals surface area (Å²) in [6, 6.07) is 9.81. The Morgan fingerprint density at radius 2 is 2.07 bits per heavy atom. The van der Waals surface area contributed by atoms with Crippen molar-refractivity contribution in [1.82, 2.24) is 4.90 Å². The highest BCUT2D eigenvalue weighted by Crippen LogP contribution is 2.22. The van der Waals surface area contributed by atoms with E-state index in [4.69, 9.17) is 21.6 Å². The molecule has 1 saturated heterocycles. The average molecular weight is 402 g/mol. The van der Waals surface area contributed by atoms with E-state index in [0.29, 0.717) is 23.9 Å². The van der Waals surface area contributed by atoms with Gasteiger partial charge in [0.25, 0.3) is 0 Å². The van der Waals surface area contributed by atoms with Crippen molar-refractivity contribution in [1.29, 1.82) is 5.26 Å². The molecule has 5 nitrogen and oxygen atoms in total. The van der Waals surface area contributed by atoms with Gasteiger partial charge in [-0.1, -0.05) is 29.3 Å². The van der Waals surface area contributed by atoms with Crippen LogP contribution < -0.4 is 5.32 Å². The number of ether oxygens (including phenoxy) is 1. The second kappa shape index (κ2) is 10.8. The van der Waals surface area contributed by atoms with Gasteiger partial charge in [0.15, 0.2) is 0 Å². The molecule has 1 aliphatic heterocycles. The molecule has 6 heteroatoms. The Morgan fingerprint density at radius 3 is 2.71 bits per heavy atom. The zero-order valence-electron chi connectivity index (χ0n) is 16.7. The number of hydrogen-bond acceptors (Lipinski definition) is 3. The highest BCUT2D eigenvalue weighted by atomic mass is 35.5. The topological polar surface area (TPSA) is 65.4 Å². The van der Waals surface area contributed by atoms with Crippen LogP contribution in [0.15, 0.2) is 47.2 Å². The van der Waals surface area contributed by atoms with Crippen LogP contribution in [-0.2, 0) is 4.74 Å². The lowest BCUT2D eigenvalue weighted by atomic mass is 10.1. The van der Waals surface area contributed by atoms with Crippen molar-refractivity contribution in [2.75, 3.05) is 18.4 Å². The van der Waals surface area contributed by atoms with Crippen LogP contribution in [0.2, 0.25) is 0 Å². The number of allylic oxidation sites excluding steroid dienone is 3. The second-order valence-corrected chi connectivity index (χ2v) is 7.46. The summed E-state index contributed by atoms with van der Waals surface area (Å²) in [5, 5.41) is 12.4. The van der Waals surface area contributed by atoms with Crippen LogP contribution in [0.5, 0.6) is 0 Å². The number of aryl methyl sites for hydroxylation is 1. The van der Waals surface area contributed by atoms with Crippen LogP contribution >= 0.6 is 11.6 Å². The lowest BCUT2D eigenvalue weighted by molar-refractivity contribution is 0.111. The Hall–Kier alpha value is -2.45. The molecular weight excluding hydrogens is 374 g/mol. The Bertz CT molecular complexity index is 765. The van der Waals surface area contributed by atoms with Crippen molar-refractivity contribution in [2.45, 2.75) is 46.1 Å². The minimum absolute atomic E-state index is 0.0153. The number of nitrogens with one attached hydrogen (secondary N) is 1. The molecule has 0 aliphatic carbocycles. The summed E-state index contributed by atoms with van der Waals surface area (Å²) in [7, 11) is 0. The van der Waals surface area contributed by atoms with E-state index in [1.807, 2.05) is 49.1 Å². The van der Waals surface area contributed by atoms with Crippen molar-refractivity contribution >= 4 is 23.3 Å². The first-order chi connectivity index (χ1) is 13.4. The SMILES string of the molecule is C/C=C(\C=C(\Cl)C(C)C#N)OC1CCCN(C(=O)Nc2ccc(C)cc2)CC1. The summed E-state index contributed by atoms with van der Waals surface area (Å²) in [6.45, 7) is 6.98. The standard InChI is InChI=1S/C22H28ClN3O2/c1-4-19(14-21(23)17(3)15-24)28-20-6-5-12-26(13-11-20)22(27)25-18-9-7-16(2)8-10-18/h4,7-10,14,17,20H,5-6,11-13H2,1-3H3,(H,25,27)/b19-4+,21-14+. The predicted molar refractivity (Wildman–Crippen MR) is 113 cm³/mol. The molecule has 2 atom stereocenters. The molecule has 150 valence electrons. The number of benzene rings is 1. The van der Waals surface area contributed by atoms with Gasteiger partial charge in [0.05, 0.1) is 12.0 Å². The number of amides is 2. The molecule has 2 amide bonds. The molecule has 1 heterocycles. The molecule has 2 rings (SSSR count). The maximum Gasteiger partial charge on any atom is 0.321 e. The number of anilines is 1. The summed E-state index contributed by atoms with van der Waals surface area (Å²) < 4.78 is 6.08. The third-order valence-electron chi connectivity index (χ3n) is 4.74. The monoisotopic (exact) mass is 401 g/mol. The molecular formula is C22H28ClN3O2. The number of likely N-dealkylation sites (tertiary alicyclic amines) is 1. The van der Waals surface area contributed by atoms with E-state index in [9.17, 15) is 4.79 Å². The summed E-state index contributed by atoms with van der Waals surface area (Å²) in [5.41, 5.74) is 1.96. The first-order valence-corrected chi connectivity index (χ1v) is 10.0. The molecule has 28 heavy (non-hydrogen) atoms. The van der Waals surface area contributed by atoms with E-state index >= 15 is 0 Å². The number of nitrogens with zero attached hydrogens (tertiary/aromatic N) is 2. The second-order valence-electron chi connectivity index (χ2n) is 7.03. The van der Waals surface area contributed by atoms with Crippen LogP contribution in [0.25, 0.3) is 0 Å². The lowest BCUT2D eigenvalue weighted by Gasteiger charge is -2.21. The fourth-order valence-electron chi connectivity index (χ4n) is 2.93. The van der Waals surface area contributed by atoms with Gasteiger partial charge in [0, 0.05) is 30.2 Å². The summed E-state index contributed by atoms with van der Waals surface area (Å²) in [4.78, 5) is 14.4. The number of halogens is 1. The molecule has 1 aromatic carbocycles. The van der Waals surface area contributed by atoms with Crippen molar-refractivity contribution in [2.24, 2.45) is 5.92 Å². The van der Waals surface area contributed by atoms with Crippen LogP contribution in [0, 0.1) is 24.2 Å². The van der Waals surface area contributed by atoms with Crippen LogP contribution in [-0.4, -0.2) is 30.1 Å². The Balaban J connectivity index is 1.90. The third kappa shape index (κ3) is 6.61. The lowest BCUT2D eigenvalue weighted by Crippen LogP contribution is -2.36. The van der Waals surface area contributed by atoms with Crippen LogP contribution in [0.3, 0.4) is 0 Å². The Kier molecular flexibility index (Phi) is 8.41. The Labute approximate surface area is 172 Å². The smallest absolute Gasteiger partial charge is 0.321 e. The number of nitriles is 1. The summed E-state index contributed by atoms with van der Waals surface area (Å²) >= 11 is 6.16. The largest absolute Gasteiger partial charge is 0.491 e. The molecule has 2 unspecified atom stereocenters. The van der Waals surface area contributed by atoms with Crippen LogP contribution in [0.1, 0.15) is 38.7 Å². The first-order valence-electron chi connectivity index (χ1n) is 9.65. The molecule has 0 spiro atoms. The van der Waals surface area contributed by atoms with Gasteiger partial charge in [-0.2, -0.15) is 5.26 Å². The van der Waals surface area contributed by atoms with E-state index in [2.05, 4.69) is 11.4 Å². The highest BCUT2D eigenvalue weighted by molar-refractivity contribution is 6.30. The van der Waals surface area contributed by atoms with Gasteiger partial charge in [0.2, 0.25) is 0 Å². The van der Waals surface area contributed by atoms with Gasteiger partial charge in [0.1, 0.15) is 11.9 Å². The number of hydrogen-bond donors (Lipinski definition) is 1. The van der Waals surface area contributed by atoms with Gasteiger partial charge >= 0.3 is 6.03 Å². The highest BCUT2D eigenvalue weighted by Gasteiger charge is 2.22. The maximum absolute atomic E-state index is 12.5. The summed E-state index contributed by atoms with van der Waals surface area (Å²) in [6.07, 6.45) is 6.06. The zero-order valence-corrected chi connectivity index (χ0v) is 17.5. The van der Waals surface area contributed by atoms with Crippen molar-refractivity contribution in [3.05, 3.63) is 52.8 Å². The fraction of sp³-hybridized carbons (Fsp3) is 0.455. The number of rotatable bonds is 5. The van der Waals surface area contributed by atoms with E-state index < -0.39 is 0 Å². The van der Waals surface area contributed by atoms with E-state index in [1.165, 1.54) is 0 Å². The van der Waals surface area contributed by atoms with E-state index in [1.54, 1.807) is 13.0 Å². The molecule has 0 aromatic heterocycles. The maximum atomic E-state index is 12.5. The minimum Gasteiger partial charge on any atom is -0.491 e. The van der Waals surface area contributed by atoms with Gasteiger partial charge < -0.3 is 15.0 Å². The van der Waals surface area contributed by atoms with E-state index in [0.717, 1.165) is 30.5 Å². The summed E-state index contributed by atoms with van der Waals surface area (Å²) in [5.74, 6) is 0.296. The zero-order chi connectivity index (χ0) is 20.5. The van der Waals surface area contributed by atoms with Crippen molar-refractivity contribution in [3.8, 4) is 6.07 Å². The molecule has 1 aromatic rings. The van der Waals surface area contributed by atoms with Crippen LogP contribution in [0.4, 0.5) is 10.5 Å². The predicted octanol–water partition coefficient (Wildman–Crippen LogP) is 5.58. The van der Waals surface area contributed by atoms with Crippen molar-refractivity contribution < 1.29 is 9.53 Å². The molecule has 0 saturated carbocycles. The molecule has 0 bridgehead atoms. The normalized spacial score (nSPS) is 19.4. The minimum atomic E-state index is -0.365. The molecule has 1 aliphatic rings. The molecule has 0 radical (unpaired) electrons.